The Kier molecular flexibility index (Phi) is 32.7. The minimum atomic E-state index is -0.760. The molecule has 12 fully saturated rings. The number of ether oxygens (including phenoxy) is 3. The van der Waals surface area contributed by atoms with E-state index in [1.807, 2.05) is 42.1 Å². The molecular formula is C90H128BrF6K2N9O12. The van der Waals surface area contributed by atoms with E-state index < -0.39 is 51.7 Å². The Morgan fingerprint density at radius 2 is 0.867 bits per heavy atom. The van der Waals surface area contributed by atoms with Crippen molar-refractivity contribution in [3.63, 3.8) is 0 Å². The molecule has 12 aliphatic rings. The van der Waals surface area contributed by atoms with Crippen molar-refractivity contribution in [2.45, 2.75) is 260 Å². The molecule has 30 heteroatoms. The number of aromatic nitrogens is 9. The molecule has 3 aromatic heterocycles. The van der Waals surface area contributed by atoms with Gasteiger partial charge in [0, 0.05) is 75.5 Å². The number of hydrogen-bond donors (Lipinski definition) is 4. The molecule has 18 rings (SSSR count). The number of hydrogen-bond acceptors (Lipinski definition) is 18. The molecule has 12 saturated carbocycles. The number of aromatic amines is 1. The summed E-state index contributed by atoms with van der Waals surface area (Å²) in [6.45, 7) is 15.2. The topological polar surface area (TPSA) is 292 Å². The minimum Gasteiger partial charge on any atom is -1.00 e. The standard InChI is InChI=1S/2C29H39F2N3O3.C23H37BrO3.C6H3F2N3.CH2O3.2CH4.2K.H/c1-27(36)10-11-29(16-37-3)17(14-27)4-5-19-20-6-7-22(28(20,2)9-8-21(19)29)25(35)15-34-24-13-18(30)12-23(31)26(24)32-33-34;1-27(36)10-11-29(16-37-3)17(14-27)4-5-19-20-6-7-22(28(20,2)9-8-21(19)29)25(35)15-34-32-24-13-18(30)12-23(31)26(24)33-34;1-21(26)10-11-23(14-27-3)15(12-21)4-5-16-17-6-7-19(20(25)13-24)22(17,2)9-8-18(16)23;7-3-1-4(8)6-5(2-3)9-11-10-6;2-1-4-3;;;;;/h2*12-13,17,19-22,36H,4-11,14-16H2,1-3H3;15-19,26H,4-14H2,1-3H3;1-2H,(H,9,10,11);1,3H;2*1H4;;;/q;;;;;;;2*+1;-1/p-1/t2*17-,19+,20+,21+,22-,27-,28+,29-;15-,16+,17+,18+,19-,21-,22+,23-;;;;;;;/m111......./s1. The molecular weight excluding hydrogens is 1670 g/mol. The summed E-state index contributed by atoms with van der Waals surface area (Å²) < 4.78 is 99.8. The first kappa shape index (κ1) is 99.6. The summed E-state index contributed by atoms with van der Waals surface area (Å²) >= 11 is 3.43. The molecule has 3 heterocycles. The predicted octanol–water partition coefficient (Wildman–Crippen LogP) is 10.7. The van der Waals surface area contributed by atoms with E-state index in [1.165, 1.54) is 47.6 Å². The van der Waals surface area contributed by atoms with Gasteiger partial charge >= 0.3 is 103 Å². The molecule has 0 unspecified atom stereocenters. The van der Waals surface area contributed by atoms with Gasteiger partial charge in [-0.05, 0) is 298 Å². The van der Waals surface area contributed by atoms with Crippen LogP contribution in [0.25, 0.3) is 33.1 Å². The molecule has 21 nitrogen and oxygen atoms in total. The van der Waals surface area contributed by atoms with Crippen LogP contribution in [0, 0.1) is 156 Å². The number of benzene rings is 3. The third-order valence-electron chi connectivity index (χ3n) is 33.5. The molecule has 0 spiro atoms. The molecule has 0 aliphatic heterocycles. The second kappa shape index (κ2) is 39.4. The van der Waals surface area contributed by atoms with Gasteiger partial charge in [0.25, 0.3) is 6.47 Å². The third-order valence-corrected chi connectivity index (χ3v) is 34.0. The molecule has 120 heavy (non-hydrogen) atoms. The molecule has 4 N–H and O–H groups in total. The van der Waals surface area contributed by atoms with Gasteiger partial charge in [-0.15, -0.1) is 10.2 Å². The Morgan fingerprint density at radius 1 is 0.492 bits per heavy atom. The molecule has 0 radical (unpaired) electrons. The maximum atomic E-state index is 14.1. The van der Waals surface area contributed by atoms with Gasteiger partial charge < -0.3 is 41.1 Å². The summed E-state index contributed by atoms with van der Waals surface area (Å²) in [7, 11) is 5.48. The normalized spacial score (nSPS) is 38.3. The van der Waals surface area contributed by atoms with Crippen molar-refractivity contribution in [1.82, 2.24) is 45.4 Å². The Labute approximate surface area is 797 Å². The summed E-state index contributed by atoms with van der Waals surface area (Å²) in [5.74, 6) is 3.44. The first-order chi connectivity index (χ1) is 55.1. The van der Waals surface area contributed by atoms with Crippen LogP contribution < -0.4 is 108 Å². The zero-order valence-corrected chi connectivity index (χ0v) is 78.6. The fourth-order valence-electron chi connectivity index (χ4n) is 28.6. The summed E-state index contributed by atoms with van der Waals surface area (Å²) in [4.78, 5) is 52.4. The van der Waals surface area contributed by atoms with Crippen LogP contribution in [0.4, 0.5) is 26.3 Å². The number of halogens is 7. The number of nitrogens with one attached hydrogen (secondary N) is 1. The number of carbonyl (C=O) groups is 4. The van der Waals surface area contributed by atoms with Gasteiger partial charge in [0.1, 0.15) is 63.9 Å². The zero-order chi connectivity index (χ0) is 83.0. The number of methoxy groups -OCH3 is 3. The van der Waals surface area contributed by atoms with E-state index in [-0.39, 0.29) is 234 Å². The zero-order valence-electron chi connectivity index (χ0n) is 71.8. The maximum absolute atomic E-state index is 14.1. The molecule has 24 atom stereocenters. The quantitative estimate of drug-likeness (QED) is 0.0185. The van der Waals surface area contributed by atoms with Crippen LogP contribution >= 0.6 is 15.9 Å². The largest absolute Gasteiger partial charge is 1.00 e. The molecule has 3 aromatic carbocycles. The summed E-state index contributed by atoms with van der Waals surface area (Å²) in [6, 6.07) is 5.82. The average molecular weight is 1800 g/mol. The molecule has 0 bridgehead atoms. The maximum Gasteiger partial charge on any atom is 1.00 e. The number of aliphatic hydroxyl groups is 3. The van der Waals surface area contributed by atoms with Crippen LogP contribution in [-0.4, -0.2) is 148 Å². The fraction of sp³-hybridized carbons (Fsp3) is 0.756. The van der Waals surface area contributed by atoms with Crippen LogP contribution in [0.2, 0.25) is 0 Å². The number of carbonyl (C=O) groups excluding carboxylic acids is 4. The number of fused-ring (bicyclic) bond motifs is 18. The van der Waals surface area contributed by atoms with Crippen molar-refractivity contribution in [3.8, 4) is 0 Å². The second-order valence-electron chi connectivity index (χ2n) is 39.4. The van der Waals surface area contributed by atoms with E-state index in [2.05, 4.69) is 77.5 Å². The summed E-state index contributed by atoms with van der Waals surface area (Å²) in [5, 5.41) is 66.8. The van der Waals surface area contributed by atoms with Crippen LogP contribution in [0.1, 0.15) is 231 Å². The van der Waals surface area contributed by atoms with Crippen molar-refractivity contribution >= 4 is 72.9 Å². The van der Waals surface area contributed by atoms with Gasteiger partial charge in [-0.25, -0.2) is 31.0 Å². The predicted molar refractivity (Wildman–Crippen MR) is 435 cm³/mol. The van der Waals surface area contributed by atoms with Crippen LogP contribution in [0.5, 0.6) is 0 Å². The van der Waals surface area contributed by atoms with Crippen molar-refractivity contribution in [3.05, 3.63) is 71.3 Å². The van der Waals surface area contributed by atoms with E-state index in [1.54, 1.807) is 0 Å². The first-order valence-electron chi connectivity index (χ1n) is 42.6. The second-order valence-corrected chi connectivity index (χ2v) is 39.9. The van der Waals surface area contributed by atoms with Crippen LogP contribution in [0.3, 0.4) is 0 Å². The number of H-pyrrole nitrogens is 1. The van der Waals surface area contributed by atoms with E-state index in [0.717, 1.165) is 197 Å². The van der Waals surface area contributed by atoms with Gasteiger partial charge in [-0.3, -0.25) is 19.2 Å². The monoisotopic (exact) mass is 1800 g/mol. The fourth-order valence-corrected chi connectivity index (χ4v) is 29.0. The Morgan fingerprint density at radius 3 is 1.27 bits per heavy atom. The van der Waals surface area contributed by atoms with Gasteiger partial charge in [0.05, 0.1) is 47.5 Å². The summed E-state index contributed by atoms with van der Waals surface area (Å²) in [5.41, 5.74) is -0.500. The van der Waals surface area contributed by atoms with Crippen molar-refractivity contribution < 1.29 is 189 Å². The average Bonchev–Trinajstić information content (AvgIpc) is 1.32. The molecule has 0 amide bonds. The Hall–Kier alpha value is -2.61. The minimum absolute atomic E-state index is 0. The number of Topliss-reactive ketones (excluding diaryl/α,β-unsaturated/α-hetero) is 3. The third kappa shape index (κ3) is 18.8. The van der Waals surface area contributed by atoms with Crippen molar-refractivity contribution in [1.29, 1.82) is 0 Å². The van der Waals surface area contributed by atoms with Crippen LogP contribution in [0.15, 0.2) is 36.4 Å². The molecule has 0 saturated heterocycles. The van der Waals surface area contributed by atoms with E-state index in [4.69, 9.17) is 24.3 Å². The number of alkyl halides is 1. The molecule has 6 aromatic rings. The van der Waals surface area contributed by atoms with Crippen molar-refractivity contribution in [2.75, 3.05) is 46.5 Å². The van der Waals surface area contributed by atoms with E-state index >= 15 is 0 Å². The van der Waals surface area contributed by atoms with E-state index in [9.17, 15) is 56.0 Å². The smallest absolute Gasteiger partial charge is 1.00 e. The van der Waals surface area contributed by atoms with Gasteiger partial charge in [0.15, 0.2) is 29.0 Å². The van der Waals surface area contributed by atoms with Gasteiger partial charge in [-0.1, -0.05) is 56.8 Å². The molecule has 656 valence electrons. The SMILES string of the molecule is C.C.COC[C@]12CC[C@@](C)(O)C[C@H]1CC[C@H]1[C@@H]3CC[C@H](C(=O)CBr)[C@@]3(C)CC[C@@H]12.COC[C@]12CC[C@@](C)(O)C[C@H]1CC[C@H]1[C@@H]3CC[C@H](C(=O)Cn4nc5cc(F)cc(F)c5n4)[C@@]3(C)CC[C@@H]12.COC[C@]12CC[C@@](C)(O)C[C@H]1CC[C@H]1[C@@H]3CC[C@H](C(=O)Cn4nnc5c(F)cc(F)cc54)[C@@]3(C)CC[C@@H]12.Fc1cc(F)c2n[nH]nc2c1.O=CO[O-].[H-].[K+].[K+]. The van der Waals surface area contributed by atoms with Crippen molar-refractivity contribution in [2.24, 2.45) is 121 Å². The van der Waals surface area contributed by atoms with Gasteiger partial charge in [-0.2, -0.15) is 25.3 Å². The van der Waals surface area contributed by atoms with Crippen LogP contribution in [-0.2, 0) is 51.4 Å². The Balaban J connectivity index is 0.000000188. The number of rotatable bonds is 15. The number of ketones is 3. The van der Waals surface area contributed by atoms with Gasteiger partial charge in [0.2, 0.25) is 0 Å². The molecule has 12 aliphatic carbocycles. The summed E-state index contributed by atoms with van der Waals surface area (Å²) in [6.07, 6.45) is 28.2. The number of nitrogens with zero attached hydrogens (tertiary/aromatic N) is 8. The Bertz CT molecular complexity index is 4580. The first-order valence-corrected chi connectivity index (χ1v) is 43.8. The van der Waals surface area contributed by atoms with E-state index in [0.29, 0.717) is 76.2 Å².